The molecule has 1 aromatic carbocycles. The van der Waals surface area contributed by atoms with Gasteiger partial charge in [0.1, 0.15) is 5.69 Å². The van der Waals surface area contributed by atoms with Crippen molar-refractivity contribution in [3.63, 3.8) is 0 Å². The molecule has 0 amide bonds. The normalized spacial score (nSPS) is 10.9. The average molecular weight is 321 g/mol. The fourth-order valence-electron chi connectivity index (χ4n) is 1.02. The fraction of sp³-hybridized carbons (Fsp3) is 0.400. The van der Waals surface area contributed by atoms with Gasteiger partial charge in [0.05, 0.1) is 0 Å². The van der Waals surface area contributed by atoms with Crippen molar-refractivity contribution in [2.45, 2.75) is 13.8 Å². The van der Waals surface area contributed by atoms with E-state index in [9.17, 15) is 4.39 Å². The summed E-state index contributed by atoms with van der Waals surface area (Å²) in [7, 11) is 0. The van der Waals surface area contributed by atoms with Crippen LogP contribution in [-0.4, -0.2) is 18.1 Å². The third-order valence-corrected chi connectivity index (χ3v) is 2.59. The molecule has 0 aromatic heterocycles. The average Bonchev–Trinajstić information content (AvgIpc) is 2.22. The standard InChI is InChI=1S/C10H13FIN3/c1-3-15(4-2)14-13-10-6-5-8(12)7-9(10)11/h5-7H,3-4H2,1-2H3. The summed E-state index contributed by atoms with van der Waals surface area (Å²) in [5.41, 5.74) is 0.280. The van der Waals surface area contributed by atoms with Gasteiger partial charge in [0.2, 0.25) is 0 Å². The second-order valence-corrected chi connectivity index (χ2v) is 4.17. The molecule has 15 heavy (non-hydrogen) atoms. The molecule has 0 saturated carbocycles. The molecule has 0 atom stereocenters. The van der Waals surface area contributed by atoms with E-state index in [0.29, 0.717) is 0 Å². The summed E-state index contributed by atoms with van der Waals surface area (Å²) in [6.45, 7) is 5.50. The first-order valence-electron chi connectivity index (χ1n) is 4.79. The van der Waals surface area contributed by atoms with Crippen molar-refractivity contribution >= 4 is 28.3 Å². The molecule has 0 radical (unpaired) electrons. The highest BCUT2D eigenvalue weighted by Gasteiger charge is 2.01. The zero-order chi connectivity index (χ0) is 11.3. The number of rotatable bonds is 4. The van der Waals surface area contributed by atoms with E-state index >= 15 is 0 Å². The van der Waals surface area contributed by atoms with Crippen LogP contribution in [0.3, 0.4) is 0 Å². The molecule has 0 spiro atoms. The predicted molar refractivity (Wildman–Crippen MR) is 66.6 cm³/mol. The van der Waals surface area contributed by atoms with Gasteiger partial charge in [0.25, 0.3) is 0 Å². The van der Waals surface area contributed by atoms with Crippen LogP contribution < -0.4 is 0 Å². The maximum absolute atomic E-state index is 13.3. The predicted octanol–water partition coefficient (Wildman–Crippen LogP) is 3.77. The van der Waals surface area contributed by atoms with Gasteiger partial charge in [-0.3, -0.25) is 5.01 Å². The Labute approximate surface area is 102 Å². The third kappa shape index (κ3) is 3.73. The van der Waals surface area contributed by atoms with E-state index in [0.717, 1.165) is 16.7 Å². The first-order chi connectivity index (χ1) is 7.17. The van der Waals surface area contributed by atoms with Gasteiger partial charge in [0, 0.05) is 16.7 Å². The Bertz CT molecular complexity index is 351. The highest BCUT2D eigenvalue weighted by molar-refractivity contribution is 14.1. The smallest absolute Gasteiger partial charge is 0.151 e. The lowest BCUT2D eigenvalue weighted by Gasteiger charge is -2.11. The Hall–Kier alpha value is -0.720. The van der Waals surface area contributed by atoms with Crippen molar-refractivity contribution in [3.8, 4) is 0 Å². The quantitative estimate of drug-likeness (QED) is 0.471. The Morgan fingerprint density at radius 3 is 2.53 bits per heavy atom. The molecule has 0 unspecified atom stereocenters. The Morgan fingerprint density at radius 1 is 1.33 bits per heavy atom. The van der Waals surface area contributed by atoms with E-state index in [1.807, 2.05) is 13.8 Å². The van der Waals surface area contributed by atoms with Crippen molar-refractivity contribution in [1.82, 2.24) is 5.01 Å². The van der Waals surface area contributed by atoms with Crippen LogP contribution in [-0.2, 0) is 0 Å². The minimum absolute atomic E-state index is 0.280. The second-order valence-electron chi connectivity index (χ2n) is 2.92. The molecule has 1 rings (SSSR count). The molecule has 0 saturated heterocycles. The lowest BCUT2D eigenvalue weighted by Crippen LogP contribution is -2.14. The molecule has 0 N–H and O–H groups in total. The maximum atomic E-state index is 13.3. The van der Waals surface area contributed by atoms with E-state index in [1.165, 1.54) is 6.07 Å². The van der Waals surface area contributed by atoms with Gasteiger partial charge < -0.3 is 0 Å². The number of benzene rings is 1. The van der Waals surface area contributed by atoms with Crippen molar-refractivity contribution in [2.24, 2.45) is 10.3 Å². The Balaban J connectivity index is 2.80. The first-order valence-corrected chi connectivity index (χ1v) is 5.87. The number of halogens is 2. The van der Waals surface area contributed by atoms with E-state index in [4.69, 9.17) is 0 Å². The number of hydrogen-bond acceptors (Lipinski definition) is 2. The zero-order valence-electron chi connectivity index (χ0n) is 8.74. The van der Waals surface area contributed by atoms with Crippen molar-refractivity contribution < 1.29 is 4.39 Å². The summed E-state index contributed by atoms with van der Waals surface area (Å²) in [4.78, 5) is 0. The molecular weight excluding hydrogens is 308 g/mol. The van der Waals surface area contributed by atoms with E-state index in [-0.39, 0.29) is 11.5 Å². The maximum Gasteiger partial charge on any atom is 0.151 e. The zero-order valence-corrected chi connectivity index (χ0v) is 10.9. The fourth-order valence-corrected chi connectivity index (χ4v) is 1.48. The lowest BCUT2D eigenvalue weighted by molar-refractivity contribution is 0.300. The van der Waals surface area contributed by atoms with E-state index < -0.39 is 0 Å². The molecule has 3 nitrogen and oxygen atoms in total. The molecule has 0 aliphatic heterocycles. The summed E-state index contributed by atoms with van der Waals surface area (Å²) < 4.78 is 14.2. The molecule has 0 aliphatic carbocycles. The van der Waals surface area contributed by atoms with Gasteiger partial charge in [-0.15, -0.1) is 5.11 Å². The first kappa shape index (κ1) is 12.4. The van der Waals surface area contributed by atoms with Crippen LogP contribution >= 0.6 is 22.6 Å². The van der Waals surface area contributed by atoms with Crippen molar-refractivity contribution in [1.29, 1.82) is 0 Å². The molecule has 5 heteroatoms. The highest BCUT2D eigenvalue weighted by Crippen LogP contribution is 2.20. The number of nitrogens with zero attached hydrogens (tertiary/aromatic N) is 3. The topological polar surface area (TPSA) is 28.0 Å². The van der Waals surface area contributed by atoms with Gasteiger partial charge in [-0.05, 0) is 54.6 Å². The molecule has 0 fully saturated rings. The third-order valence-electron chi connectivity index (χ3n) is 1.92. The summed E-state index contributed by atoms with van der Waals surface area (Å²) in [6, 6.07) is 4.88. The van der Waals surface area contributed by atoms with Crippen molar-refractivity contribution in [3.05, 3.63) is 27.6 Å². The molecule has 1 aromatic rings. The monoisotopic (exact) mass is 321 g/mol. The van der Waals surface area contributed by atoms with Crippen LogP contribution in [0.1, 0.15) is 13.8 Å². The van der Waals surface area contributed by atoms with Crippen LogP contribution in [0.25, 0.3) is 0 Å². The lowest BCUT2D eigenvalue weighted by atomic mass is 10.3. The summed E-state index contributed by atoms with van der Waals surface area (Å²) in [5, 5.41) is 9.56. The van der Waals surface area contributed by atoms with Crippen molar-refractivity contribution in [2.75, 3.05) is 13.1 Å². The Kier molecular flexibility index (Phi) is 4.93. The molecule has 0 aliphatic rings. The summed E-state index contributed by atoms with van der Waals surface area (Å²) in [6.07, 6.45) is 0. The van der Waals surface area contributed by atoms with Gasteiger partial charge in [0.15, 0.2) is 5.82 Å². The minimum atomic E-state index is -0.335. The SMILES string of the molecule is CCN(CC)N=Nc1ccc(I)cc1F. The van der Waals surface area contributed by atoms with E-state index in [2.05, 4.69) is 32.9 Å². The van der Waals surface area contributed by atoms with Gasteiger partial charge >= 0.3 is 0 Å². The van der Waals surface area contributed by atoms with Crippen LogP contribution in [0.2, 0.25) is 0 Å². The van der Waals surface area contributed by atoms with Crippen LogP contribution in [0.5, 0.6) is 0 Å². The molecule has 0 bridgehead atoms. The van der Waals surface area contributed by atoms with Gasteiger partial charge in [-0.2, -0.15) is 0 Å². The van der Waals surface area contributed by atoms with E-state index in [1.54, 1.807) is 17.1 Å². The molecular formula is C10H13FIN3. The highest BCUT2D eigenvalue weighted by atomic mass is 127. The summed E-state index contributed by atoms with van der Waals surface area (Å²) >= 11 is 2.06. The van der Waals surface area contributed by atoms with Gasteiger partial charge in [-0.1, -0.05) is 5.22 Å². The van der Waals surface area contributed by atoms with Crippen LogP contribution in [0.4, 0.5) is 10.1 Å². The largest absolute Gasteiger partial charge is 0.279 e. The van der Waals surface area contributed by atoms with Crippen LogP contribution in [0, 0.1) is 9.39 Å². The van der Waals surface area contributed by atoms with Crippen LogP contribution in [0.15, 0.2) is 28.5 Å². The second kappa shape index (κ2) is 5.99. The molecule has 0 heterocycles. The molecule has 82 valence electrons. The number of hydrogen-bond donors (Lipinski definition) is 0. The Morgan fingerprint density at radius 2 is 2.00 bits per heavy atom. The minimum Gasteiger partial charge on any atom is -0.279 e. The van der Waals surface area contributed by atoms with Gasteiger partial charge in [-0.25, -0.2) is 4.39 Å². The summed E-state index contributed by atoms with van der Waals surface area (Å²) in [5.74, 6) is -0.335.